The van der Waals surface area contributed by atoms with Crippen molar-refractivity contribution in [3.8, 4) is 11.5 Å². The zero-order valence-corrected chi connectivity index (χ0v) is 21.1. The van der Waals surface area contributed by atoms with Crippen molar-refractivity contribution in [1.82, 2.24) is 4.90 Å². The largest absolute Gasteiger partial charge is 0.497 e. The molecular formula is C31H31NO5. The number of hydrogen-bond donors (Lipinski definition) is 1. The van der Waals surface area contributed by atoms with Gasteiger partial charge in [0.1, 0.15) is 11.5 Å². The van der Waals surface area contributed by atoms with Crippen LogP contribution in [0.25, 0.3) is 0 Å². The average Bonchev–Trinajstić information content (AvgIpc) is 3.48. The number of benzene rings is 3. The highest BCUT2D eigenvalue weighted by Crippen LogP contribution is 2.64. The van der Waals surface area contributed by atoms with Gasteiger partial charge in [-0.2, -0.15) is 0 Å². The van der Waals surface area contributed by atoms with Crippen LogP contribution in [0.4, 0.5) is 0 Å². The van der Waals surface area contributed by atoms with E-state index < -0.39 is 11.4 Å². The Bertz CT molecular complexity index is 1370. The fourth-order valence-corrected chi connectivity index (χ4v) is 7.57. The predicted octanol–water partition coefficient (Wildman–Crippen LogP) is 4.69. The molecule has 0 saturated carbocycles. The molecule has 0 aromatic heterocycles. The van der Waals surface area contributed by atoms with Crippen molar-refractivity contribution in [1.29, 1.82) is 0 Å². The zero-order chi connectivity index (χ0) is 25.7. The van der Waals surface area contributed by atoms with Gasteiger partial charge in [0.2, 0.25) is 5.91 Å². The Kier molecular flexibility index (Phi) is 5.70. The van der Waals surface area contributed by atoms with Gasteiger partial charge >= 0.3 is 5.97 Å². The lowest BCUT2D eigenvalue weighted by atomic mass is 9.53. The molecule has 1 amide bonds. The minimum absolute atomic E-state index is 0.0273. The summed E-state index contributed by atoms with van der Waals surface area (Å²) in [6.45, 7) is 0. The van der Waals surface area contributed by atoms with Crippen LogP contribution in [-0.4, -0.2) is 48.2 Å². The number of methoxy groups -OCH3 is 2. The molecule has 2 saturated heterocycles. The molecule has 1 aliphatic carbocycles. The first-order valence-corrected chi connectivity index (χ1v) is 12.9. The highest BCUT2D eigenvalue weighted by atomic mass is 16.5. The van der Waals surface area contributed by atoms with Gasteiger partial charge in [-0.25, -0.2) is 0 Å². The average molecular weight is 498 g/mol. The van der Waals surface area contributed by atoms with Crippen LogP contribution in [0.1, 0.15) is 41.0 Å². The van der Waals surface area contributed by atoms with E-state index in [2.05, 4.69) is 18.2 Å². The van der Waals surface area contributed by atoms with E-state index >= 15 is 0 Å². The summed E-state index contributed by atoms with van der Waals surface area (Å²) in [5.41, 5.74) is 3.02. The minimum atomic E-state index is -1.04. The molecule has 0 spiro atoms. The molecule has 2 fully saturated rings. The number of rotatable bonds is 6. The van der Waals surface area contributed by atoms with Crippen LogP contribution in [0, 0.1) is 11.3 Å². The number of carbonyl (C=O) groups excluding carboxylic acids is 1. The Morgan fingerprint density at radius 2 is 1.76 bits per heavy atom. The Balaban J connectivity index is 1.47. The molecule has 2 aliphatic heterocycles. The number of nitrogens with zero attached hydrogens (tertiary/aromatic N) is 1. The van der Waals surface area contributed by atoms with Crippen LogP contribution >= 0.6 is 0 Å². The van der Waals surface area contributed by atoms with Crippen LogP contribution in [0.15, 0.2) is 72.8 Å². The normalized spacial score (nSPS) is 27.4. The summed E-state index contributed by atoms with van der Waals surface area (Å²) in [7, 11) is 3.25. The summed E-state index contributed by atoms with van der Waals surface area (Å²) in [6, 6.07) is 23.2. The molecule has 5 atom stereocenters. The number of amides is 1. The van der Waals surface area contributed by atoms with E-state index in [1.165, 1.54) is 0 Å². The lowest BCUT2D eigenvalue weighted by Gasteiger charge is -2.47. The van der Waals surface area contributed by atoms with Gasteiger partial charge in [0.25, 0.3) is 0 Å². The molecule has 1 N–H and O–H groups in total. The van der Waals surface area contributed by atoms with Crippen molar-refractivity contribution in [2.24, 2.45) is 11.3 Å². The van der Waals surface area contributed by atoms with Gasteiger partial charge in [-0.3, -0.25) is 9.59 Å². The molecule has 2 heterocycles. The van der Waals surface area contributed by atoms with E-state index in [1.54, 1.807) is 14.2 Å². The summed E-state index contributed by atoms with van der Waals surface area (Å²) in [5, 5.41) is 10.9. The summed E-state index contributed by atoms with van der Waals surface area (Å²) in [4.78, 5) is 29.2. The first-order valence-electron chi connectivity index (χ1n) is 12.9. The topological polar surface area (TPSA) is 76.1 Å². The third-order valence-corrected chi connectivity index (χ3v) is 8.94. The van der Waals surface area contributed by atoms with Crippen molar-refractivity contribution < 1.29 is 24.2 Å². The number of ether oxygens (including phenoxy) is 2. The Morgan fingerprint density at radius 1 is 0.973 bits per heavy atom. The number of fused-ring (bicyclic) bond motifs is 6. The van der Waals surface area contributed by atoms with E-state index in [4.69, 9.17) is 9.47 Å². The van der Waals surface area contributed by atoms with Gasteiger partial charge in [-0.15, -0.1) is 0 Å². The SMILES string of the molecule is COc1cccc(C2c3ccccc3CC3(C(=O)O)C2C2CCC3N2C(=O)Cc2ccccc2OC)c1. The lowest BCUT2D eigenvalue weighted by molar-refractivity contribution is -0.155. The fourth-order valence-electron chi connectivity index (χ4n) is 7.57. The van der Waals surface area contributed by atoms with Crippen molar-refractivity contribution >= 4 is 11.9 Å². The van der Waals surface area contributed by atoms with Crippen molar-refractivity contribution in [3.63, 3.8) is 0 Å². The molecule has 5 unspecified atom stereocenters. The fraction of sp³-hybridized carbons (Fsp3) is 0.355. The molecule has 190 valence electrons. The van der Waals surface area contributed by atoms with Crippen molar-refractivity contribution in [3.05, 3.63) is 95.1 Å². The lowest BCUT2D eigenvalue weighted by Crippen LogP contribution is -2.53. The minimum Gasteiger partial charge on any atom is -0.497 e. The third-order valence-electron chi connectivity index (χ3n) is 8.94. The zero-order valence-electron chi connectivity index (χ0n) is 21.1. The van der Waals surface area contributed by atoms with Crippen LogP contribution in [0.3, 0.4) is 0 Å². The van der Waals surface area contributed by atoms with Crippen LogP contribution in [0.2, 0.25) is 0 Å². The van der Waals surface area contributed by atoms with Gasteiger partial charge in [0.15, 0.2) is 0 Å². The van der Waals surface area contributed by atoms with Crippen LogP contribution in [0.5, 0.6) is 11.5 Å². The molecule has 6 nitrogen and oxygen atoms in total. The van der Waals surface area contributed by atoms with E-state index in [0.29, 0.717) is 18.6 Å². The van der Waals surface area contributed by atoms with E-state index in [9.17, 15) is 14.7 Å². The highest BCUT2D eigenvalue weighted by molar-refractivity contribution is 5.86. The molecule has 3 aromatic carbocycles. The molecule has 3 aliphatic rings. The van der Waals surface area contributed by atoms with Gasteiger partial charge in [0, 0.05) is 29.5 Å². The van der Waals surface area contributed by atoms with Gasteiger partial charge in [-0.05, 0) is 54.2 Å². The molecule has 2 bridgehead atoms. The van der Waals surface area contributed by atoms with Crippen LogP contribution < -0.4 is 9.47 Å². The Morgan fingerprint density at radius 3 is 2.54 bits per heavy atom. The molecule has 37 heavy (non-hydrogen) atoms. The number of carboxylic acid groups (broad SMARTS) is 1. The predicted molar refractivity (Wildman–Crippen MR) is 139 cm³/mol. The number of para-hydroxylation sites is 1. The highest BCUT2D eigenvalue weighted by Gasteiger charge is 2.70. The second kappa shape index (κ2) is 8.94. The maximum Gasteiger partial charge on any atom is 0.312 e. The molecule has 0 radical (unpaired) electrons. The summed E-state index contributed by atoms with van der Waals surface area (Å²) < 4.78 is 11.0. The van der Waals surface area contributed by atoms with Gasteiger partial charge in [0.05, 0.1) is 26.1 Å². The number of aliphatic carboxylic acids is 1. The van der Waals surface area contributed by atoms with Gasteiger partial charge < -0.3 is 19.5 Å². The monoisotopic (exact) mass is 497 g/mol. The summed E-state index contributed by atoms with van der Waals surface area (Å²) in [5.74, 6) is 0.214. The third kappa shape index (κ3) is 3.45. The van der Waals surface area contributed by atoms with Gasteiger partial charge in [-0.1, -0.05) is 54.6 Å². The molecule has 6 rings (SSSR count). The molecule has 6 heteroatoms. The quantitative estimate of drug-likeness (QED) is 0.535. The first-order chi connectivity index (χ1) is 18.0. The smallest absolute Gasteiger partial charge is 0.312 e. The maximum absolute atomic E-state index is 13.9. The van der Waals surface area contributed by atoms with Crippen LogP contribution in [-0.2, 0) is 22.4 Å². The Labute approximate surface area is 216 Å². The number of hydrogen-bond acceptors (Lipinski definition) is 4. The number of carboxylic acids is 1. The summed E-state index contributed by atoms with van der Waals surface area (Å²) in [6.07, 6.45) is 2.14. The second-order valence-electron chi connectivity index (χ2n) is 10.5. The summed E-state index contributed by atoms with van der Waals surface area (Å²) >= 11 is 0. The molecular weight excluding hydrogens is 466 g/mol. The first kappa shape index (κ1) is 23.6. The van der Waals surface area contributed by atoms with E-state index in [-0.39, 0.29) is 36.2 Å². The Hall–Kier alpha value is -3.80. The number of carbonyl (C=O) groups is 2. The van der Waals surface area contributed by atoms with Crippen molar-refractivity contribution in [2.45, 2.75) is 43.7 Å². The maximum atomic E-state index is 13.9. The van der Waals surface area contributed by atoms with Crippen molar-refractivity contribution in [2.75, 3.05) is 14.2 Å². The standard InChI is InChI=1S/C31H31NO5/c1-36-22-11-7-10-20(16-22)28-23-12-5-3-9-21(23)18-31(30(34)35)26-15-14-24(29(28)31)32(26)27(33)17-19-8-4-6-13-25(19)37-2/h3-13,16,24,26,28-29H,14-15,17-18H2,1-2H3,(H,34,35). The second-order valence-corrected chi connectivity index (χ2v) is 10.5. The van der Waals surface area contributed by atoms with E-state index in [0.717, 1.165) is 34.4 Å². The molecule has 3 aromatic rings. The van der Waals surface area contributed by atoms with E-state index in [1.807, 2.05) is 59.5 Å².